The predicted octanol–water partition coefficient (Wildman–Crippen LogP) is 5.57. The molecule has 0 aliphatic carbocycles. The Morgan fingerprint density at radius 1 is 0.867 bits per heavy atom. The second kappa shape index (κ2) is 10.9. The van der Waals surface area contributed by atoms with Gasteiger partial charge >= 0.3 is 0 Å². The zero-order chi connectivity index (χ0) is 21.2. The van der Waals surface area contributed by atoms with E-state index in [0.29, 0.717) is 30.2 Å². The van der Waals surface area contributed by atoms with Crippen LogP contribution in [-0.4, -0.2) is 25.2 Å². The van der Waals surface area contributed by atoms with Crippen LogP contribution in [0.2, 0.25) is 0 Å². The number of para-hydroxylation sites is 2. The number of hydrogen-bond donors (Lipinski definition) is 1. The van der Waals surface area contributed by atoms with Gasteiger partial charge in [-0.2, -0.15) is 0 Å². The monoisotopic (exact) mass is 405 g/mol. The number of anilines is 1. The fraction of sp³-hybridized carbons (Fsp3) is 0.240. The van der Waals surface area contributed by atoms with E-state index in [9.17, 15) is 4.79 Å². The molecule has 5 heteroatoms. The third-order valence-corrected chi connectivity index (χ3v) is 4.49. The van der Waals surface area contributed by atoms with Crippen molar-refractivity contribution in [3.63, 3.8) is 0 Å². The van der Waals surface area contributed by atoms with Crippen LogP contribution < -0.4 is 19.5 Å². The van der Waals surface area contributed by atoms with Gasteiger partial charge in [-0.1, -0.05) is 43.3 Å². The van der Waals surface area contributed by atoms with Crippen molar-refractivity contribution in [1.29, 1.82) is 0 Å². The molecule has 0 fully saturated rings. The van der Waals surface area contributed by atoms with E-state index in [-0.39, 0.29) is 12.0 Å². The summed E-state index contributed by atoms with van der Waals surface area (Å²) in [6.07, 6.45) is 1.03. The summed E-state index contributed by atoms with van der Waals surface area (Å²) >= 11 is 0. The summed E-state index contributed by atoms with van der Waals surface area (Å²) in [7, 11) is 0. The van der Waals surface area contributed by atoms with Gasteiger partial charge in [0, 0.05) is 11.8 Å². The molecule has 0 spiro atoms. The van der Waals surface area contributed by atoms with Crippen LogP contribution in [-0.2, 0) is 0 Å². The smallest absolute Gasteiger partial charge is 0.259 e. The van der Waals surface area contributed by atoms with Crippen LogP contribution in [0.25, 0.3) is 0 Å². The third kappa shape index (κ3) is 6.27. The van der Waals surface area contributed by atoms with Crippen molar-refractivity contribution in [1.82, 2.24) is 0 Å². The number of carbonyl (C=O) groups is 1. The SMILES string of the molecule is CCC(C)Oc1cccc(NC(=O)c2ccccc2OCCOc2ccccc2)c1. The molecule has 0 bridgehead atoms. The molecule has 0 saturated heterocycles. The molecule has 5 nitrogen and oxygen atoms in total. The van der Waals surface area contributed by atoms with Gasteiger partial charge in [0.1, 0.15) is 30.5 Å². The Morgan fingerprint density at radius 3 is 2.37 bits per heavy atom. The summed E-state index contributed by atoms with van der Waals surface area (Å²) in [5, 5.41) is 2.92. The van der Waals surface area contributed by atoms with Crippen molar-refractivity contribution in [3.05, 3.63) is 84.4 Å². The van der Waals surface area contributed by atoms with Gasteiger partial charge in [0.05, 0.1) is 11.7 Å². The van der Waals surface area contributed by atoms with Gasteiger partial charge in [-0.3, -0.25) is 4.79 Å². The highest BCUT2D eigenvalue weighted by Gasteiger charge is 2.13. The Kier molecular flexibility index (Phi) is 7.72. The molecule has 30 heavy (non-hydrogen) atoms. The minimum Gasteiger partial charge on any atom is -0.491 e. The number of amides is 1. The fourth-order valence-corrected chi connectivity index (χ4v) is 2.77. The summed E-state index contributed by atoms with van der Waals surface area (Å²) in [6, 6.07) is 24.1. The van der Waals surface area contributed by atoms with Crippen LogP contribution >= 0.6 is 0 Å². The molecule has 3 rings (SSSR count). The molecule has 1 N–H and O–H groups in total. The van der Waals surface area contributed by atoms with E-state index >= 15 is 0 Å². The Hall–Kier alpha value is -3.47. The molecule has 0 saturated carbocycles. The van der Waals surface area contributed by atoms with Gasteiger partial charge in [-0.15, -0.1) is 0 Å². The minimum absolute atomic E-state index is 0.114. The summed E-state index contributed by atoms with van der Waals surface area (Å²) < 4.78 is 17.3. The van der Waals surface area contributed by atoms with Gasteiger partial charge in [0.2, 0.25) is 0 Å². The minimum atomic E-state index is -0.240. The maximum Gasteiger partial charge on any atom is 0.259 e. The van der Waals surface area contributed by atoms with Gasteiger partial charge in [-0.05, 0) is 49.7 Å². The molecule has 3 aromatic carbocycles. The van der Waals surface area contributed by atoms with Crippen LogP contribution in [0.3, 0.4) is 0 Å². The lowest BCUT2D eigenvalue weighted by molar-refractivity contribution is 0.102. The van der Waals surface area contributed by atoms with Crippen molar-refractivity contribution in [3.8, 4) is 17.2 Å². The van der Waals surface area contributed by atoms with E-state index in [1.165, 1.54) is 0 Å². The van der Waals surface area contributed by atoms with Gasteiger partial charge < -0.3 is 19.5 Å². The van der Waals surface area contributed by atoms with Crippen LogP contribution in [0.15, 0.2) is 78.9 Å². The number of carbonyl (C=O) groups excluding carboxylic acids is 1. The highest BCUT2D eigenvalue weighted by atomic mass is 16.5. The first-order chi connectivity index (χ1) is 14.7. The molecule has 0 aliphatic heterocycles. The molecule has 1 unspecified atom stereocenters. The van der Waals surface area contributed by atoms with Crippen molar-refractivity contribution in [2.45, 2.75) is 26.4 Å². The van der Waals surface area contributed by atoms with E-state index in [4.69, 9.17) is 14.2 Å². The lowest BCUT2D eigenvalue weighted by Crippen LogP contribution is -2.16. The fourth-order valence-electron chi connectivity index (χ4n) is 2.77. The van der Waals surface area contributed by atoms with E-state index < -0.39 is 0 Å². The molecule has 0 heterocycles. The first kappa shape index (κ1) is 21.2. The number of rotatable bonds is 10. The van der Waals surface area contributed by atoms with Crippen molar-refractivity contribution in [2.24, 2.45) is 0 Å². The number of ether oxygens (including phenoxy) is 3. The van der Waals surface area contributed by atoms with Crippen LogP contribution in [0.5, 0.6) is 17.2 Å². The van der Waals surface area contributed by atoms with Crippen molar-refractivity contribution in [2.75, 3.05) is 18.5 Å². The van der Waals surface area contributed by atoms with E-state index in [1.54, 1.807) is 12.1 Å². The maximum atomic E-state index is 12.8. The van der Waals surface area contributed by atoms with E-state index in [0.717, 1.165) is 17.9 Å². The normalized spacial score (nSPS) is 11.4. The largest absolute Gasteiger partial charge is 0.491 e. The molecule has 156 valence electrons. The lowest BCUT2D eigenvalue weighted by atomic mass is 10.2. The predicted molar refractivity (Wildman–Crippen MR) is 119 cm³/mol. The lowest BCUT2D eigenvalue weighted by Gasteiger charge is -2.15. The van der Waals surface area contributed by atoms with E-state index in [1.807, 2.05) is 73.7 Å². The summed E-state index contributed by atoms with van der Waals surface area (Å²) in [5.74, 6) is 1.78. The maximum absolute atomic E-state index is 12.8. The first-order valence-corrected chi connectivity index (χ1v) is 10.1. The standard InChI is InChI=1S/C25H27NO4/c1-3-19(2)30-22-13-9-10-20(18-22)26-25(27)23-14-7-8-15-24(23)29-17-16-28-21-11-5-4-6-12-21/h4-15,18-19H,3,16-17H2,1-2H3,(H,26,27). The first-order valence-electron chi connectivity index (χ1n) is 10.1. The molecule has 0 radical (unpaired) electrons. The highest BCUT2D eigenvalue weighted by molar-refractivity contribution is 6.06. The van der Waals surface area contributed by atoms with Gasteiger partial charge in [0.15, 0.2) is 0 Å². The Bertz CT molecular complexity index is 943. The Morgan fingerprint density at radius 2 is 1.57 bits per heavy atom. The molecular weight excluding hydrogens is 378 g/mol. The molecular formula is C25H27NO4. The zero-order valence-corrected chi connectivity index (χ0v) is 17.3. The van der Waals surface area contributed by atoms with Crippen molar-refractivity contribution < 1.29 is 19.0 Å². The average molecular weight is 405 g/mol. The van der Waals surface area contributed by atoms with Gasteiger partial charge in [0.25, 0.3) is 5.91 Å². The number of nitrogens with one attached hydrogen (secondary N) is 1. The number of hydrogen-bond acceptors (Lipinski definition) is 4. The summed E-state index contributed by atoms with van der Waals surface area (Å²) in [5.41, 5.74) is 1.13. The Balaban J connectivity index is 1.59. The topological polar surface area (TPSA) is 56.8 Å². The molecule has 0 aliphatic rings. The quantitative estimate of drug-likeness (QED) is 0.448. The molecule has 1 atom stereocenters. The zero-order valence-electron chi connectivity index (χ0n) is 17.3. The number of benzene rings is 3. The van der Waals surface area contributed by atoms with E-state index in [2.05, 4.69) is 12.2 Å². The second-order valence-electron chi connectivity index (χ2n) is 6.82. The molecule has 3 aromatic rings. The van der Waals surface area contributed by atoms with Crippen LogP contribution in [0.4, 0.5) is 5.69 Å². The average Bonchev–Trinajstić information content (AvgIpc) is 2.78. The second-order valence-corrected chi connectivity index (χ2v) is 6.82. The highest BCUT2D eigenvalue weighted by Crippen LogP contribution is 2.23. The molecule has 1 amide bonds. The van der Waals surface area contributed by atoms with Crippen LogP contribution in [0, 0.1) is 0 Å². The summed E-state index contributed by atoms with van der Waals surface area (Å²) in [6.45, 7) is 4.80. The molecule has 0 aromatic heterocycles. The Labute approximate surface area is 177 Å². The van der Waals surface area contributed by atoms with Crippen LogP contribution in [0.1, 0.15) is 30.6 Å². The summed E-state index contributed by atoms with van der Waals surface area (Å²) in [4.78, 5) is 12.8. The third-order valence-electron chi connectivity index (χ3n) is 4.49. The van der Waals surface area contributed by atoms with Gasteiger partial charge in [-0.25, -0.2) is 0 Å². The van der Waals surface area contributed by atoms with Crippen molar-refractivity contribution >= 4 is 11.6 Å².